The number of nitrogens with zero attached hydrogens (tertiary/aromatic N) is 2. The maximum absolute atomic E-state index is 12.7. The van der Waals surface area contributed by atoms with Crippen LogP contribution in [0.2, 0.25) is 10.0 Å². The van der Waals surface area contributed by atoms with E-state index in [4.69, 9.17) is 33.0 Å². The minimum Gasteiger partial charge on any atom is -0.480 e. The summed E-state index contributed by atoms with van der Waals surface area (Å²) in [4.78, 5) is 27.2. The van der Waals surface area contributed by atoms with E-state index in [9.17, 15) is 9.59 Å². The summed E-state index contributed by atoms with van der Waals surface area (Å²) >= 11 is 12.1. The number of halogens is 2. The van der Waals surface area contributed by atoms with E-state index in [0.29, 0.717) is 36.8 Å². The highest BCUT2D eigenvalue weighted by atomic mass is 35.5. The highest BCUT2D eigenvalue weighted by Gasteiger charge is 2.23. The number of carbonyl (C=O) groups excluding carboxylic acids is 1. The molecular weight excluding hydrogens is 391 g/mol. The topological polar surface area (TPSA) is 70.1 Å². The second kappa shape index (κ2) is 8.50. The molecule has 2 aromatic carbocycles. The minimum absolute atomic E-state index is 0.118. The Kier molecular flexibility index (Phi) is 6.08. The van der Waals surface area contributed by atoms with Gasteiger partial charge < -0.3 is 19.6 Å². The smallest absolute Gasteiger partial charge is 0.341 e. The average molecular weight is 409 g/mol. The molecule has 0 unspecified atom stereocenters. The Bertz CT molecular complexity index is 851. The van der Waals surface area contributed by atoms with Gasteiger partial charge in [0.1, 0.15) is 5.75 Å². The van der Waals surface area contributed by atoms with Crippen molar-refractivity contribution in [2.75, 3.05) is 37.7 Å². The van der Waals surface area contributed by atoms with E-state index in [1.807, 2.05) is 24.3 Å². The molecule has 142 valence electrons. The van der Waals surface area contributed by atoms with Crippen molar-refractivity contribution in [2.24, 2.45) is 0 Å². The molecule has 1 amide bonds. The van der Waals surface area contributed by atoms with Crippen LogP contribution in [-0.4, -0.2) is 54.7 Å². The van der Waals surface area contributed by atoms with E-state index in [-0.39, 0.29) is 16.7 Å². The van der Waals surface area contributed by atoms with Gasteiger partial charge in [0.25, 0.3) is 5.91 Å². The first-order valence-electron chi connectivity index (χ1n) is 8.38. The molecule has 8 heteroatoms. The van der Waals surface area contributed by atoms with Crippen molar-refractivity contribution in [2.45, 2.75) is 0 Å². The third-order valence-corrected chi connectivity index (χ3v) is 4.80. The highest BCUT2D eigenvalue weighted by Crippen LogP contribution is 2.27. The van der Waals surface area contributed by atoms with Gasteiger partial charge in [-0.05, 0) is 36.4 Å². The van der Waals surface area contributed by atoms with Gasteiger partial charge in [-0.1, -0.05) is 29.3 Å². The second-order valence-corrected chi connectivity index (χ2v) is 6.93. The van der Waals surface area contributed by atoms with Gasteiger partial charge in [0, 0.05) is 42.5 Å². The number of benzene rings is 2. The van der Waals surface area contributed by atoms with E-state index in [2.05, 4.69) is 4.90 Å². The van der Waals surface area contributed by atoms with E-state index in [1.54, 1.807) is 11.0 Å². The van der Waals surface area contributed by atoms with Crippen LogP contribution in [-0.2, 0) is 4.79 Å². The summed E-state index contributed by atoms with van der Waals surface area (Å²) in [5.74, 6) is -0.974. The van der Waals surface area contributed by atoms with Crippen LogP contribution in [0.25, 0.3) is 0 Å². The van der Waals surface area contributed by atoms with Crippen LogP contribution in [0.4, 0.5) is 5.69 Å². The van der Waals surface area contributed by atoms with E-state index in [0.717, 1.165) is 5.69 Å². The maximum Gasteiger partial charge on any atom is 0.341 e. The third-order valence-electron chi connectivity index (χ3n) is 4.27. The molecule has 3 rings (SSSR count). The van der Waals surface area contributed by atoms with Crippen LogP contribution < -0.4 is 9.64 Å². The fourth-order valence-corrected chi connectivity index (χ4v) is 3.33. The molecule has 0 radical (unpaired) electrons. The minimum atomic E-state index is -1.09. The summed E-state index contributed by atoms with van der Waals surface area (Å²) in [6, 6.07) is 12.3. The molecule has 0 aromatic heterocycles. The van der Waals surface area contributed by atoms with Gasteiger partial charge in [-0.2, -0.15) is 0 Å². The van der Waals surface area contributed by atoms with Crippen LogP contribution >= 0.6 is 23.2 Å². The van der Waals surface area contributed by atoms with Gasteiger partial charge in [-0.25, -0.2) is 4.79 Å². The lowest BCUT2D eigenvalue weighted by Crippen LogP contribution is -2.48. The van der Waals surface area contributed by atoms with Crippen molar-refractivity contribution >= 4 is 40.8 Å². The van der Waals surface area contributed by atoms with Crippen LogP contribution in [0.15, 0.2) is 42.5 Å². The molecule has 2 aromatic rings. The fraction of sp³-hybridized carbons (Fsp3) is 0.263. The molecule has 0 spiro atoms. The van der Waals surface area contributed by atoms with Crippen LogP contribution in [0.3, 0.4) is 0 Å². The lowest BCUT2D eigenvalue weighted by molar-refractivity contribution is -0.139. The van der Waals surface area contributed by atoms with Crippen molar-refractivity contribution in [3.8, 4) is 5.75 Å². The van der Waals surface area contributed by atoms with Gasteiger partial charge in [-0.15, -0.1) is 0 Å². The van der Waals surface area contributed by atoms with Crippen molar-refractivity contribution < 1.29 is 19.4 Å². The molecule has 6 nitrogen and oxygen atoms in total. The molecule has 0 saturated carbocycles. The van der Waals surface area contributed by atoms with E-state index in [1.165, 1.54) is 12.1 Å². The Balaban J connectivity index is 1.62. The van der Waals surface area contributed by atoms with Crippen molar-refractivity contribution in [1.29, 1.82) is 0 Å². The molecule has 0 bridgehead atoms. The summed E-state index contributed by atoms with van der Waals surface area (Å²) in [7, 11) is 0. The number of hydrogen-bond acceptors (Lipinski definition) is 4. The Morgan fingerprint density at radius 1 is 1.04 bits per heavy atom. The first-order chi connectivity index (χ1) is 12.9. The predicted octanol–water partition coefficient (Wildman–Crippen LogP) is 3.42. The zero-order chi connectivity index (χ0) is 19.4. The first-order valence-corrected chi connectivity index (χ1v) is 9.13. The summed E-state index contributed by atoms with van der Waals surface area (Å²) in [5, 5.41) is 9.55. The molecule has 0 atom stereocenters. The van der Waals surface area contributed by atoms with E-state index < -0.39 is 12.6 Å². The highest BCUT2D eigenvalue weighted by molar-refractivity contribution is 6.32. The van der Waals surface area contributed by atoms with Crippen molar-refractivity contribution in [3.05, 3.63) is 58.1 Å². The SMILES string of the molecule is O=C(O)COc1ccc(C(=O)N2CCN(c3cccc(Cl)c3)CC2)cc1Cl. The predicted molar refractivity (Wildman–Crippen MR) is 104 cm³/mol. The number of carbonyl (C=O) groups is 2. The number of piperazine rings is 1. The van der Waals surface area contributed by atoms with Gasteiger partial charge in [0.05, 0.1) is 5.02 Å². The Hall–Kier alpha value is -2.44. The van der Waals surface area contributed by atoms with Gasteiger partial charge in [0.2, 0.25) is 0 Å². The molecule has 1 aliphatic rings. The Labute approximate surface area is 166 Å². The first kappa shape index (κ1) is 19.3. The second-order valence-electron chi connectivity index (χ2n) is 6.09. The Morgan fingerprint density at radius 3 is 2.41 bits per heavy atom. The van der Waals surface area contributed by atoms with Crippen LogP contribution in [0.1, 0.15) is 10.4 Å². The standard InChI is InChI=1S/C19H18Cl2N2O4/c20-14-2-1-3-15(11-14)22-6-8-23(9-7-22)19(26)13-4-5-17(16(21)10-13)27-12-18(24)25/h1-5,10-11H,6-9,12H2,(H,24,25). The van der Waals surface area contributed by atoms with Gasteiger partial charge in [0.15, 0.2) is 6.61 Å². The monoisotopic (exact) mass is 408 g/mol. The molecule has 1 fully saturated rings. The quantitative estimate of drug-likeness (QED) is 0.820. The number of ether oxygens (including phenoxy) is 1. The summed E-state index contributed by atoms with van der Waals surface area (Å²) < 4.78 is 5.08. The normalized spacial score (nSPS) is 14.1. The van der Waals surface area contributed by atoms with Crippen LogP contribution in [0.5, 0.6) is 5.75 Å². The average Bonchev–Trinajstić information content (AvgIpc) is 2.66. The lowest BCUT2D eigenvalue weighted by atomic mass is 10.1. The number of hydrogen-bond donors (Lipinski definition) is 1. The third kappa shape index (κ3) is 4.84. The maximum atomic E-state index is 12.7. The number of aliphatic carboxylic acids is 1. The molecule has 27 heavy (non-hydrogen) atoms. The molecule has 1 N–H and O–H groups in total. The number of carboxylic acids is 1. The number of rotatable bonds is 5. The summed E-state index contributed by atoms with van der Waals surface area (Å²) in [5.41, 5.74) is 1.48. The summed E-state index contributed by atoms with van der Waals surface area (Å²) in [6.07, 6.45) is 0. The van der Waals surface area contributed by atoms with Crippen molar-refractivity contribution in [1.82, 2.24) is 4.90 Å². The number of amides is 1. The lowest BCUT2D eigenvalue weighted by Gasteiger charge is -2.36. The molecule has 1 saturated heterocycles. The molecular formula is C19H18Cl2N2O4. The zero-order valence-electron chi connectivity index (χ0n) is 14.4. The number of anilines is 1. The van der Waals surface area contributed by atoms with Gasteiger partial charge >= 0.3 is 5.97 Å². The zero-order valence-corrected chi connectivity index (χ0v) is 15.9. The van der Waals surface area contributed by atoms with Crippen LogP contribution in [0, 0.1) is 0 Å². The summed E-state index contributed by atoms with van der Waals surface area (Å²) in [6.45, 7) is 2.10. The largest absolute Gasteiger partial charge is 0.480 e. The van der Waals surface area contributed by atoms with Crippen molar-refractivity contribution in [3.63, 3.8) is 0 Å². The Morgan fingerprint density at radius 2 is 1.78 bits per heavy atom. The molecule has 1 aliphatic heterocycles. The molecule has 0 aliphatic carbocycles. The van der Waals surface area contributed by atoms with Gasteiger partial charge in [-0.3, -0.25) is 4.79 Å². The van der Waals surface area contributed by atoms with E-state index >= 15 is 0 Å². The number of carboxylic acid groups (broad SMARTS) is 1. The fourth-order valence-electron chi connectivity index (χ4n) is 2.91. The molecule has 1 heterocycles.